The molecule has 3 nitrogen and oxygen atoms in total. The zero-order chi connectivity index (χ0) is 18.3. The molecule has 1 fully saturated rings. The summed E-state index contributed by atoms with van der Waals surface area (Å²) in [6.45, 7) is 6.13. The summed E-state index contributed by atoms with van der Waals surface area (Å²) in [6.07, 6.45) is 6.18. The van der Waals surface area contributed by atoms with Gasteiger partial charge in [0.1, 0.15) is 0 Å². The van der Waals surface area contributed by atoms with Crippen molar-refractivity contribution in [2.24, 2.45) is 0 Å². The lowest BCUT2D eigenvalue weighted by molar-refractivity contribution is -0.117. The van der Waals surface area contributed by atoms with Gasteiger partial charge >= 0.3 is 0 Å². The first-order chi connectivity index (χ1) is 12.5. The Kier molecular flexibility index (Phi) is 4.15. The van der Waals surface area contributed by atoms with Gasteiger partial charge in [-0.3, -0.25) is 4.79 Å². The van der Waals surface area contributed by atoms with Crippen LogP contribution in [-0.2, 0) is 4.79 Å². The second-order valence-corrected chi connectivity index (χ2v) is 7.38. The highest BCUT2D eigenvalue weighted by Gasteiger charge is 2.23. The van der Waals surface area contributed by atoms with Crippen molar-refractivity contribution in [2.45, 2.75) is 39.7 Å². The average molecular weight is 344 g/mol. The number of nitrogens with one attached hydrogen (secondary N) is 2. The summed E-state index contributed by atoms with van der Waals surface area (Å²) in [4.78, 5) is 15.4. The smallest absolute Gasteiger partial charge is 0.247 e. The Labute approximate surface area is 154 Å². The molecule has 2 N–H and O–H groups in total. The summed E-state index contributed by atoms with van der Waals surface area (Å²) >= 11 is 0. The van der Waals surface area contributed by atoms with Crippen LogP contribution in [-0.4, -0.2) is 16.9 Å². The van der Waals surface area contributed by atoms with Crippen molar-refractivity contribution in [3.63, 3.8) is 0 Å². The Bertz CT molecular complexity index is 1020. The largest absolute Gasteiger partial charge is 0.361 e. The van der Waals surface area contributed by atoms with Gasteiger partial charge in [0.2, 0.25) is 5.91 Å². The summed E-state index contributed by atoms with van der Waals surface area (Å²) in [7, 11) is 0. The molecule has 0 aliphatic heterocycles. The van der Waals surface area contributed by atoms with E-state index in [9.17, 15) is 4.79 Å². The summed E-state index contributed by atoms with van der Waals surface area (Å²) in [6, 6.07) is 13.4. The second-order valence-electron chi connectivity index (χ2n) is 7.38. The molecular weight excluding hydrogens is 320 g/mol. The molecule has 0 spiro atoms. The molecule has 1 aliphatic carbocycles. The number of carbonyl (C=O) groups is 1. The maximum Gasteiger partial charge on any atom is 0.247 e. The number of hydrogen-bond acceptors (Lipinski definition) is 1. The first-order valence-electron chi connectivity index (χ1n) is 9.19. The Hall–Kier alpha value is -2.81. The number of rotatable bonds is 4. The molecule has 26 heavy (non-hydrogen) atoms. The van der Waals surface area contributed by atoms with Crippen LogP contribution < -0.4 is 5.32 Å². The van der Waals surface area contributed by atoms with Crippen LogP contribution in [0, 0.1) is 13.8 Å². The molecule has 1 saturated carbocycles. The van der Waals surface area contributed by atoms with Gasteiger partial charge in [0, 0.05) is 23.3 Å². The minimum Gasteiger partial charge on any atom is -0.361 e. The van der Waals surface area contributed by atoms with Crippen LogP contribution in [0.3, 0.4) is 0 Å². The minimum atomic E-state index is 0.0477. The van der Waals surface area contributed by atoms with Gasteiger partial charge in [-0.1, -0.05) is 18.2 Å². The van der Waals surface area contributed by atoms with Gasteiger partial charge in [-0.25, -0.2) is 0 Å². The lowest BCUT2D eigenvalue weighted by Crippen LogP contribution is -2.25. The maximum absolute atomic E-state index is 12.2. The highest BCUT2D eigenvalue weighted by Crippen LogP contribution is 2.30. The third kappa shape index (κ3) is 3.30. The second kappa shape index (κ2) is 6.49. The Morgan fingerprint density at radius 1 is 1.12 bits per heavy atom. The van der Waals surface area contributed by atoms with Crippen LogP contribution >= 0.6 is 0 Å². The van der Waals surface area contributed by atoms with Crippen molar-refractivity contribution >= 4 is 22.9 Å². The van der Waals surface area contributed by atoms with Gasteiger partial charge < -0.3 is 10.3 Å². The molecule has 132 valence electrons. The maximum atomic E-state index is 12.2. The number of aromatic nitrogens is 1. The standard InChI is InChI=1S/C23H24N2O/c1-14-12-21(17-4-7-22-18(13-17)8-9-24-22)15(2)10-19(14)11-16(3)23(26)25-20-5-6-20/h4,7-13,20,24H,5-6H2,1-3H3,(H,25,26). The average Bonchev–Trinajstić information content (AvgIpc) is 3.30. The molecule has 1 aliphatic rings. The molecule has 1 aromatic heterocycles. The van der Waals surface area contributed by atoms with Crippen LogP contribution in [0.5, 0.6) is 0 Å². The topological polar surface area (TPSA) is 44.9 Å². The molecule has 0 bridgehead atoms. The van der Waals surface area contributed by atoms with E-state index >= 15 is 0 Å². The van der Waals surface area contributed by atoms with Crippen LogP contribution in [0.2, 0.25) is 0 Å². The Balaban J connectivity index is 1.66. The number of benzene rings is 2. The van der Waals surface area contributed by atoms with Crippen LogP contribution in [0.25, 0.3) is 28.1 Å². The number of aromatic amines is 1. The first kappa shape index (κ1) is 16.6. The summed E-state index contributed by atoms with van der Waals surface area (Å²) < 4.78 is 0. The van der Waals surface area contributed by atoms with E-state index < -0.39 is 0 Å². The van der Waals surface area contributed by atoms with Crippen molar-refractivity contribution < 1.29 is 4.79 Å². The normalized spacial score (nSPS) is 14.7. The van der Waals surface area contributed by atoms with Gasteiger partial charge in [-0.05, 0) is 91.1 Å². The van der Waals surface area contributed by atoms with E-state index in [1.807, 2.05) is 19.2 Å². The Morgan fingerprint density at radius 3 is 2.69 bits per heavy atom. The number of aryl methyl sites for hydroxylation is 2. The number of hydrogen-bond donors (Lipinski definition) is 2. The monoisotopic (exact) mass is 344 g/mol. The lowest BCUT2D eigenvalue weighted by atomic mass is 9.93. The minimum absolute atomic E-state index is 0.0477. The number of carbonyl (C=O) groups excluding carboxylic acids is 1. The van der Waals surface area contributed by atoms with E-state index in [1.165, 1.54) is 27.6 Å². The van der Waals surface area contributed by atoms with Crippen LogP contribution in [0.15, 0.2) is 48.2 Å². The number of H-pyrrole nitrogens is 1. The van der Waals surface area contributed by atoms with Crippen LogP contribution in [0.1, 0.15) is 36.5 Å². The third-order valence-corrected chi connectivity index (χ3v) is 5.12. The van der Waals surface area contributed by atoms with Crippen molar-refractivity contribution in [2.75, 3.05) is 0 Å². The van der Waals surface area contributed by atoms with E-state index in [2.05, 4.69) is 60.5 Å². The predicted molar refractivity (Wildman–Crippen MR) is 108 cm³/mol. The molecule has 1 heterocycles. The zero-order valence-electron chi connectivity index (χ0n) is 15.5. The fourth-order valence-corrected chi connectivity index (χ4v) is 3.35. The third-order valence-electron chi connectivity index (χ3n) is 5.12. The quantitative estimate of drug-likeness (QED) is 0.633. The molecule has 0 saturated heterocycles. The molecule has 3 aromatic rings. The molecular formula is C23H24N2O. The number of amides is 1. The lowest BCUT2D eigenvalue weighted by Gasteiger charge is -2.12. The highest BCUT2D eigenvalue weighted by atomic mass is 16.1. The molecule has 2 aromatic carbocycles. The van der Waals surface area contributed by atoms with Gasteiger partial charge in [0.15, 0.2) is 0 Å². The van der Waals surface area contributed by atoms with Crippen molar-refractivity contribution in [3.8, 4) is 11.1 Å². The molecule has 1 amide bonds. The molecule has 0 radical (unpaired) electrons. The Morgan fingerprint density at radius 2 is 1.92 bits per heavy atom. The van der Waals surface area contributed by atoms with Crippen LogP contribution in [0.4, 0.5) is 0 Å². The van der Waals surface area contributed by atoms with Crippen molar-refractivity contribution in [3.05, 3.63) is 64.9 Å². The zero-order valence-corrected chi connectivity index (χ0v) is 15.5. The summed E-state index contributed by atoms with van der Waals surface area (Å²) in [5.74, 6) is 0.0477. The SMILES string of the molecule is CC(=Cc1cc(C)c(-c2ccc3[nH]ccc3c2)cc1C)C(=O)NC1CC1. The fraction of sp³-hybridized carbons (Fsp3) is 0.261. The molecule has 0 atom stereocenters. The number of fused-ring (bicyclic) bond motifs is 1. The highest BCUT2D eigenvalue weighted by molar-refractivity contribution is 5.98. The molecule has 4 rings (SSSR count). The van der Waals surface area contributed by atoms with Crippen molar-refractivity contribution in [1.29, 1.82) is 0 Å². The van der Waals surface area contributed by atoms with Gasteiger partial charge in [-0.2, -0.15) is 0 Å². The summed E-state index contributed by atoms with van der Waals surface area (Å²) in [5.41, 5.74) is 7.88. The fourth-order valence-electron chi connectivity index (χ4n) is 3.35. The first-order valence-corrected chi connectivity index (χ1v) is 9.19. The van der Waals surface area contributed by atoms with E-state index in [0.29, 0.717) is 6.04 Å². The van der Waals surface area contributed by atoms with E-state index in [0.717, 1.165) is 29.5 Å². The van der Waals surface area contributed by atoms with Gasteiger partial charge in [0.05, 0.1) is 0 Å². The molecule has 3 heteroatoms. The van der Waals surface area contributed by atoms with E-state index in [1.54, 1.807) is 0 Å². The van der Waals surface area contributed by atoms with Gasteiger partial charge in [-0.15, -0.1) is 0 Å². The van der Waals surface area contributed by atoms with Crippen molar-refractivity contribution in [1.82, 2.24) is 10.3 Å². The van der Waals surface area contributed by atoms with Gasteiger partial charge in [0.25, 0.3) is 0 Å². The summed E-state index contributed by atoms with van der Waals surface area (Å²) in [5, 5.41) is 4.27. The molecule has 0 unspecified atom stereocenters. The predicted octanol–water partition coefficient (Wildman–Crippen LogP) is 5.13. The van der Waals surface area contributed by atoms with E-state index in [-0.39, 0.29) is 5.91 Å². The van der Waals surface area contributed by atoms with E-state index in [4.69, 9.17) is 0 Å².